The van der Waals surface area contributed by atoms with Crippen LogP contribution in [0.15, 0.2) is 109 Å². The van der Waals surface area contributed by atoms with E-state index in [0.717, 1.165) is 0 Å². The molecule has 0 aliphatic heterocycles. The van der Waals surface area contributed by atoms with Crippen molar-refractivity contribution in [3.05, 3.63) is 120 Å². The quantitative estimate of drug-likeness (QED) is 0.143. The van der Waals surface area contributed by atoms with Crippen LogP contribution in [0.1, 0.15) is 52.7 Å². The van der Waals surface area contributed by atoms with Crippen LogP contribution in [0.25, 0.3) is 75.8 Å². The molecule has 0 amide bonds. The summed E-state index contributed by atoms with van der Waals surface area (Å²) in [4.78, 5) is 0. The lowest BCUT2D eigenvalue weighted by Crippen LogP contribution is -2.12. The maximum absolute atomic E-state index is 2.47. The van der Waals surface area contributed by atoms with Crippen LogP contribution in [0, 0.1) is 0 Å². The minimum atomic E-state index is 0.0560. The maximum atomic E-state index is 2.47. The molecule has 0 saturated heterocycles. The van der Waals surface area contributed by atoms with Gasteiger partial charge in [0.25, 0.3) is 0 Å². The summed E-state index contributed by atoms with van der Waals surface area (Å²) in [5, 5.41) is 16.0. The lowest BCUT2D eigenvalue weighted by molar-refractivity contribution is 0.590. The highest BCUT2D eigenvalue weighted by atomic mass is 14.3. The molecule has 42 heavy (non-hydrogen) atoms. The van der Waals surface area contributed by atoms with E-state index in [1.807, 2.05) is 0 Å². The first kappa shape index (κ1) is 25.3. The first-order valence-electron chi connectivity index (χ1n) is 15.2. The summed E-state index contributed by atoms with van der Waals surface area (Å²) in [5.41, 5.74) is 5.52. The van der Waals surface area contributed by atoms with Crippen molar-refractivity contribution in [2.75, 3.05) is 0 Å². The van der Waals surface area contributed by atoms with E-state index in [4.69, 9.17) is 0 Å². The van der Waals surface area contributed by atoms with Gasteiger partial charge in [-0.1, -0.05) is 133 Å². The van der Waals surface area contributed by atoms with Gasteiger partial charge in [-0.15, -0.1) is 0 Å². The third kappa shape index (κ3) is 3.61. The van der Waals surface area contributed by atoms with Crippen LogP contribution in [-0.2, 0) is 10.8 Å². The Kier molecular flexibility index (Phi) is 5.15. The van der Waals surface area contributed by atoms with E-state index in [-0.39, 0.29) is 10.8 Å². The van der Waals surface area contributed by atoms with E-state index < -0.39 is 0 Å². The van der Waals surface area contributed by atoms with Crippen LogP contribution in [-0.4, -0.2) is 0 Å². The van der Waals surface area contributed by atoms with Crippen molar-refractivity contribution in [1.29, 1.82) is 0 Å². The van der Waals surface area contributed by atoms with Gasteiger partial charge in [0, 0.05) is 0 Å². The topological polar surface area (TPSA) is 0 Å². The second kappa shape index (κ2) is 8.55. The van der Waals surface area contributed by atoms with E-state index in [0.29, 0.717) is 0 Å². The zero-order valence-corrected chi connectivity index (χ0v) is 25.4. The van der Waals surface area contributed by atoms with Gasteiger partial charge in [0.2, 0.25) is 0 Å². The highest BCUT2D eigenvalue weighted by molar-refractivity contribution is 6.35. The highest BCUT2D eigenvalue weighted by Gasteiger charge is 2.23. The van der Waals surface area contributed by atoms with Crippen molar-refractivity contribution in [2.45, 2.75) is 52.4 Å². The lowest BCUT2D eigenvalue weighted by atomic mass is 9.78. The van der Waals surface area contributed by atoms with Crippen LogP contribution in [0.3, 0.4) is 0 Å². The molecule has 0 atom stereocenters. The molecule has 0 fully saturated rings. The van der Waals surface area contributed by atoms with Gasteiger partial charge in [0.1, 0.15) is 0 Å². The summed E-state index contributed by atoms with van der Waals surface area (Å²) in [6, 6.07) is 41.6. The number of rotatable bonds is 1. The second-order valence-electron chi connectivity index (χ2n) is 14.2. The Morgan fingerprint density at radius 1 is 0.357 bits per heavy atom. The molecule has 8 aromatic rings. The molecular weight excluding hydrogens is 504 g/mol. The van der Waals surface area contributed by atoms with E-state index in [2.05, 4.69) is 151 Å². The van der Waals surface area contributed by atoms with Gasteiger partial charge in [-0.3, -0.25) is 0 Å². The standard InChI is InChI=1S/C42H36/c1-41(2,3)28-21-27-22-29(42(4,5)6)24-37-35-19-18-34(32-16-11-17-33(40(32)35)36(23-28)38(27)37)39-30-14-9-7-12-25(30)20-26-13-8-10-15-31(26)39/h7-24H,1-6H3. The monoisotopic (exact) mass is 540 g/mol. The normalized spacial score (nSPS) is 13.0. The summed E-state index contributed by atoms with van der Waals surface area (Å²) < 4.78 is 0. The summed E-state index contributed by atoms with van der Waals surface area (Å²) in [7, 11) is 0. The van der Waals surface area contributed by atoms with Gasteiger partial charge in [-0.05, 0) is 116 Å². The zero-order chi connectivity index (χ0) is 29.0. The van der Waals surface area contributed by atoms with Crippen molar-refractivity contribution in [3.63, 3.8) is 0 Å². The van der Waals surface area contributed by atoms with Crippen molar-refractivity contribution in [3.8, 4) is 11.1 Å². The summed E-state index contributed by atoms with van der Waals surface area (Å²) in [6.45, 7) is 14.0. The predicted molar refractivity (Wildman–Crippen MR) is 185 cm³/mol. The fourth-order valence-electron chi connectivity index (χ4n) is 7.18. The van der Waals surface area contributed by atoms with Gasteiger partial charge in [-0.2, -0.15) is 0 Å². The Hall–Kier alpha value is -4.42. The summed E-state index contributed by atoms with van der Waals surface area (Å²) in [6.07, 6.45) is 0. The third-order valence-electron chi connectivity index (χ3n) is 9.44. The first-order chi connectivity index (χ1) is 20.1. The fourth-order valence-corrected chi connectivity index (χ4v) is 7.18. The highest BCUT2D eigenvalue weighted by Crippen LogP contribution is 2.47. The number of hydrogen-bond acceptors (Lipinski definition) is 0. The molecule has 0 radical (unpaired) electrons. The van der Waals surface area contributed by atoms with Crippen molar-refractivity contribution in [2.24, 2.45) is 0 Å². The maximum Gasteiger partial charge on any atom is -0.00201 e. The Bertz CT molecular complexity index is 2230. The largest absolute Gasteiger partial charge is 0.0616 e. The van der Waals surface area contributed by atoms with Crippen LogP contribution < -0.4 is 0 Å². The van der Waals surface area contributed by atoms with Crippen LogP contribution in [0.4, 0.5) is 0 Å². The molecule has 8 aromatic carbocycles. The Labute approximate surface area is 247 Å². The molecule has 0 heterocycles. The summed E-state index contributed by atoms with van der Waals surface area (Å²) >= 11 is 0. The molecule has 204 valence electrons. The first-order valence-corrected chi connectivity index (χ1v) is 15.2. The van der Waals surface area contributed by atoms with Crippen molar-refractivity contribution in [1.82, 2.24) is 0 Å². The molecule has 0 unspecified atom stereocenters. The Balaban J connectivity index is 1.60. The van der Waals surface area contributed by atoms with Gasteiger partial charge in [0.05, 0.1) is 0 Å². The average molecular weight is 541 g/mol. The van der Waals surface area contributed by atoms with Crippen molar-refractivity contribution >= 4 is 64.6 Å². The van der Waals surface area contributed by atoms with Crippen LogP contribution in [0.5, 0.6) is 0 Å². The molecule has 0 aliphatic carbocycles. The molecule has 0 bridgehead atoms. The molecule has 0 aliphatic rings. The predicted octanol–water partition coefficient (Wildman–Crippen LogP) is 12.3. The van der Waals surface area contributed by atoms with E-state index in [1.165, 1.54) is 86.9 Å². The number of hydrogen-bond donors (Lipinski definition) is 0. The minimum Gasteiger partial charge on any atom is -0.0616 e. The number of benzene rings is 8. The van der Waals surface area contributed by atoms with Crippen LogP contribution >= 0.6 is 0 Å². The average Bonchev–Trinajstić information content (AvgIpc) is 2.97. The minimum absolute atomic E-state index is 0.0560. The molecule has 8 rings (SSSR count). The van der Waals surface area contributed by atoms with Gasteiger partial charge in [-0.25, -0.2) is 0 Å². The summed E-state index contributed by atoms with van der Waals surface area (Å²) in [5.74, 6) is 0. The SMILES string of the molecule is CC(C)(C)c1cc2cc(C(C)(C)C)cc3c4ccc(-c5c6ccccc6cc6ccccc56)c5cccc(c(c1)c23)c54. The van der Waals surface area contributed by atoms with E-state index in [1.54, 1.807) is 0 Å². The molecule has 0 aromatic heterocycles. The van der Waals surface area contributed by atoms with E-state index >= 15 is 0 Å². The lowest BCUT2D eigenvalue weighted by Gasteiger charge is -2.25. The Morgan fingerprint density at radius 3 is 1.43 bits per heavy atom. The van der Waals surface area contributed by atoms with Gasteiger partial charge >= 0.3 is 0 Å². The fraction of sp³-hybridized carbons (Fsp3) is 0.190. The zero-order valence-electron chi connectivity index (χ0n) is 25.4. The smallest absolute Gasteiger partial charge is 0.00201 e. The van der Waals surface area contributed by atoms with Gasteiger partial charge < -0.3 is 0 Å². The second-order valence-corrected chi connectivity index (χ2v) is 14.2. The molecule has 0 spiro atoms. The van der Waals surface area contributed by atoms with Gasteiger partial charge in [0.15, 0.2) is 0 Å². The van der Waals surface area contributed by atoms with Crippen molar-refractivity contribution < 1.29 is 0 Å². The molecule has 0 heteroatoms. The molecule has 0 nitrogen and oxygen atoms in total. The Morgan fingerprint density at radius 2 is 0.857 bits per heavy atom. The molecule has 0 N–H and O–H groups in total. The molecule has 0 saturated carbocycles. The van der Waals surface area contributed by atoms with Crippen LogP contribution in [0.2, 0.25) is 0 Å². The number of fused-ring (bicyclic) bond motifs is 4. The van der Waals surface area contributed by atoms with E-state index in [9.17, 15) is 0 Å². The molecular formula is C42H36. The third-order valence-corrected chi connectivity index (χ3v) is 9.44.